The number of hydrogen-bond acceptors (Lipinski definition) is 4. The summed E-state index contributed by atoms with van der Waals surface area (Å²) in [5.74, 6) is -0.748. The molecule has 1 fully saturated rings. The Morgan fingerprint density at radius 2 is 1.79 bits per heavy atom. The van der Waals surface area contributed by atoms with Crippen LogP contribution in [0, 0.1) is 0 Å². The van der Waals surface area contributed by atoms with Crippen LogP contribution in [0.5, 0.6) is 0 Å². The molecule has 1 aliphatic rings. The molecule has 3 nitrogen and oxygen atoms in total. The molecule has 3 rings (SSSR count). The van der Waals surface area contributed by atoms with E-state index in [1.807, 2.05) is 4.90 Å². The highest BCUT2D eigenvalue weighted by Gasteiger charge is 2.65. The summed E-state index contributed by atoms with van der Waals surface area (Å²) >= 11 is 1.05. The third-order valence-corrected chi connectivity index (χ3v) is 5.84. The van der Waals surface area contributed by atoms with E-state index in [1.54, 1.807) is 0 Å². The molecule has 0 N–H and O–H groups in total. The maximum Gasteiger partial charge on any atom is 0.310 e. The quantitative estimate of drug-likeness (QED) is 0.506. The molecule has 1 aromatic carbocycles. The highest BCUT2D eigenvalue weighted by molar-refractivity contribution is 8.45. The van der Waals surface area contributed by atoms with Crippen molar-refractivity contribution in [1.29, 1.82) is 0 Å². The third kappa shape index (κ3) is 3.54. The first-order valence-corrected chi connectivity index (χ1v) is 9.80. The lowest BCUT2D eigenvalue weighted by atomic mass is 10.1. The van der Waals surface area contributed by atoms with E-state index in [-0.39, 0.29) is 17.0 Å². The Kier molecular flexibility index (Phi) is 3.51. The molecule has 132 valence electrons. The molecule has 1 saturated heterocycles. The van der Waals surface area contributed by atoms with E-state index in [4.69, 9.17) is 0 Å². The lowest BCUT2D eigenvalue weighted by Crippen LogP contribution is -2.16. The van der Waals surface area contributed by atoms with Crippen LogP contribution in [0.25, 0.3) is 0 Å². The maximum absolute atomic E-state index is 12.9. The second-order valence-corrected chi connectivity index (χ2v) is 8.95. The number of aromatic nitrogens is 1. The van der Waals surface area contributed by atoms with E-state index in [1.165, 1.54) is 6.20 Å². The minimum atomic E-state index is -9.81. The first kappa shape index (κ1) is 17.2. The fourth-order valence-corrected chi connectivity index (χ4v) is 4.06. The second-order valence-electron chi connectivity index (χ2n) is 5.53. The van der Waals surface area contributed by atoms with Crippen molar-refractivity contribution in [2.24, 2.45) is 0 Å². The molecule has 0 saturated carbocycles. The van der Waals surface area contributed by atoms with E-state index in [2.05, 4.69) is 4.98 Å². The van der Waals surface area contributed by atoms with Crippen LogP contribution in [0.2, 0.25) is 0 Å². The summed E-state index contributed by atoms with van der Waals surface area (Å²) < 4.78 is 64.4. The zero-order valence-electron chi connectivity index (χ0n) is 12.2. The molecule has 1 aromatic heterocycles. The molecule has 0 amide bonds. The molecular weight excluding hydrogens is 371 g/mol. The van der Waals surface area contributed by atoms with Gasteiger partial charge < -0.3 is 4.90 Å². The van der Waals surface area contributed by atoms with Crippen molar-refractivity contribution in [1.82, 2.24) is 4.98 Å². The van der Waals surface area contributed by atoms with E-state index >= 15 is 0 Å². The summed E-state index contributed by atoms with van der Waals surface area (Å²) in [6.45, 7) is 1.61. The molecule has 0 radical (unpaired) electrons. The topological polar surface area (TPSA) is 33.2 Å². The number of halogens is 5. The van der Waals surface area contributed by atoms with Crippen LogP contribution in [0.15, 0.2) is 35.4 Å². The monoisotopic (exact) mass is 384 g/mol. The van der Waals surface area contributed by atoms with Crippen molar-refractivity contribution < 1.29 is 24.2 Å². The van der Waals surface area contributed by atoms with E-state index in [9.17, 15) is 24.2 Å². The van der Waals surface area contributed by atoms with Crippen LogP contribution < -0.4 is 4.90 Å². The number of carbonyl (C=O) groups is 1. The van der Waals surface area contributed by atoms with Crippen LogP contribution >= 0.6 is 21.6 Å². The number of ketones is 1. The molecule has 0 aliphatic carbocycles. The lowest BCUT2D eigenvalue weighted by molar-refractivity contribution is 0.104. The number of benzene rings is 1. The first-order valence-electron chi connectivity index (χ1n) is 7.04. The van der Waals surface area contributed by atoms with Gasteiger partial charge in [0.05, 0.1) is 11.1 Å². The predicted octanol–water partition coefficient (Wildman–Crippen LogP) is 5.63. The van der Waals surface area contributed by atoms with Gasteiger partial charge >= 0.3 is 10.2 Å². The van der Waals surface area contributed by atoms with Gasteiger partial charge in [0.25, 0.3) is 0 Å². The molecule has 0 atom stereocenters. The Balaban J connectivity index is 1.91. The number of hydrogen-bond donors (Lipinski definition) is 0. The Labute approximate surface area is 138 Å². The zero-order valence-corrected chi connectivity index (χ0v) is 13.9. The van der Waals surface area contributed by atoms with Gasteiger partial charge in [-0.15, -0.1) is 0 Å². The summed E-state index contributed by atoms with van der Waals surface area (Å²) in [6, 6.07) is 2.38. The van der Waals surface area contributed by atoms with Crippen molar-refractivity contribution in [3.8, 4) is 0 Å². The number of carbonyl (C=O) groups excluding carboxylic acids is 1. The molecule has 10 heteroatoms. The number of nitrogens with zero attached hydrogens (tertiary/aromatic N) is 2. The van der Waals surface area contributed by atoms with Gasteiger partial charge in [0.2, 0.25) is 5.78 Å². The molecule has 24 heavy (non-hydrogen) atoms. The largest absolute Gasteiger partial charge is 0.348 e. The Morgan fingerprint density at radius 3 is 2.42 bits per heavy atom. The van der Waals surface area contributed by atoms with Gasteiger partial charge in [0.1, 0.15) is 4.90 Å². The van der Waals surface area contributed by atoms with Crippen LogP contribution in [0.1, 0.15) is 28.1 Å². The zero-order chi connectivity index (χ0) is 17.7. The van der Waals surface area contributed by atoms with Crippen molar-refractivity contribution in [3.05, 3.63) is 40.9 Å². The van der Waals surface area contributed by atoms with Crippen LogP contribution in [0.4, 0.5) is 24.6 Å². The minimum absolute atomic E-state index is 0.121. The summed E-state index contributed by atoms with van der Waals surface area (Å²) in [5, 5.41) is 0.611. The average Bonchev–Trinajstić information content (AvgIpc) is 3.15. The number of rotatable bonds is 4. The second kappa shape index (κ2) is 4.92. The molecular formula is C14H13F5N2OS2. The lowest BCUT2D eigenvalue weighted by Gasteiger charge is -2.40. The van der Waals surface area contributed by atoms with Gasteiger partial charge in [-0.2, -0.15) is 0 Å². The molecule has 0 bridgehead atoms. The Bertz CT molecular complexity index is 797. The third-order valence-electron chi connectivity index (χ3n) is 3.64. The minimum Gasteiger partial charge on any atom is -0.348 e. The van der Waals surface area contributed by atoms with Gasteiger partial charge in [-0.05, 0) is 25.0 Å². The average molecular weight is 384 g/mol. The first-order chi connectivity index (χ1) is 10.9. The molecule has 0 unspecified atom stereocenters. The van der Waals surface area contributed by atoms with E-state index in [0.717, 1.165) is 49.4 Å². The van der Waals surface area contributed by atoms with Crippen molar-refractivity contribution in [2.45, 2.75) is 17.7 Å². The Hall–Kier alpha value is -1.68. The maximum atomic E-state index is 12.9. The fourth-order valence-electron chi connectivity index (χ4n) is 2.44. The highest BCUT2D eigenvalue weighted by atomic mass is 32.5. The number of anilines is 1. The summed E-state index contributed by atoms with van der Waals surface area (Å²) in [5.41, 5.74) is -0.433. The SMILES string of the molecule is O=C(c1cccc(S(F)(F)(F)(F)F)c1)c1cnc(N2CCCC2)s1. The standard InChI is InChI=1S/C14H13F5N2OS2/c15-24(16,17,18,19)11-5-3-4-10(8-11)13(22)12-9-20-14(23-12)21-6-1-2-7-21/h3-5,8-9H,1-2,6-7H2. The molecule has 2 heterocycles. The predicted molar refractivity (Wildman–Crippen MR) is 84.8 cm³/mol. The van der Waals surface area contributed by atoms with E-state index < -0.39 is 26.5 Å². The highest BCUT2D eigenvalue weighted by Crippen LogP contribution is 3.02. The number of thiazole rings is 1. The van der Waals surface area contributed by atoms with Crippen LogP contribution in [-0.4, -0.2) is 23.9 Å². The van der Waals surface area contributed by atoms with Crippen LogP contribution in [-0.2, 0) is 0 Å². The van der Waals surface area contributed by atoms with Crippen molar-refractivity contribution in [2.75, 3.05) is 18.0 Å². The molecule has 1 aliphatic heterocycles. The van der Waals surface area contributed by atoms with E-state index in [0.29, 0.717) is 5.13 Å². The normalized spacial score (nSPS) is 18.3. The van der Waals surface area contributed by atoms with Crippen molar-refractivity contribution >= 4 is 32.5 Å². The fraction of sp³-hybridized carbons (Fsp3) is 0.286. The van der Waals surface area contributed by atoms with Gasteiger partial charge in [-0.3, -0.25) is 4.79 Å². The molecule has 0 spiro atoms. The van der Waals surface area contributed by atoms with Crippen molar-refractivity contribution in [3.63, 3.8) is 0 Å². The summed E-state index contributed by atoms with van der Waals surface area (Å²) in [6.07, 6.45) is 3.29. The Morgan fingerprint density at radius 1 is 1.12 bits per heavy atom. The van der Waals surface area contributed by atoms with Gasteiger partial charge in [0.15, 0.2) is 5.13 Å². The molecule has 2 aromatic rings. The smallest absolute Gasteiger partial charge is 0.310 e. The van der Waals surface area contributed by atoms with Gasteiger partial charge in [0, 0.05) is 18.7 Å². The van der Waals surface area contributed by atoms with Gasteiger partial charge in [-0.25, -0.2) is 4.98 Å². The van der Waals surface area contributed by atoms with Gasteiger partial charge in [-0.1, -0.05) is 42.9 Å². The summed E-state index contributed by atoms with van der Waals surface area (Å²) in [4.78, 5) is 16.5. The summed E-state index contributed by atoms with van der Waals surface area (Å²) in [7, 11) is -9.81. The van der Waals surface area contributed by atoms with Crippen LogP contribution in [0.3, 0.4) is 0 Å².